The Kier molecular flexibility index (Phi) is 43.4. The third-order valence-electron chi connectivity index (χ3n) is 8.49. The minimum atomic E-state index is -0.671. The standard InChI is InChI=1S/C24H46O2.C18H32O2/c1-2-3-4-5-6-7-8-9-10-11-12-13-14-15-16-17-18-19-20-21-22-23-24(25)26;1-2-3-4-5-6-7-8-9-10-11-12-13-14-15-16-17-18(19)20/h9-10H,2-8,11-23H2,1H3,(H,25,26);6-7,9-10H,2-5,8,11-17H2,1H3,(H,19,20)/b10-9-;7-6-,10-9-. The molecule has 2 N–H and O–H groups in total. The first-order chi connectivity index (χ1) is 22.5. The van der Waals surface area contributed by atoms with Gasteiger partial charge in [0.1, 0.15) is 0 Å². The van der Waals surface area contributed by atoms with Crippen molar-refractivity contribution < 1.29 is 19.8 Å². The summed E-state index contributed by atoms with van der Waals surface area (Å²) < 4.78 is 0. The Bertz CT molecular complexity index is 694. The smallest absolute Gasteiger partial charge is 0.303 e. The molecule has 0 unspecified atom stereocenters. The molecule has 0 atom stereocenters. The average Bonchev–Trinajstić information content (AvgIpc) is 3.03. The molecule has 4 heteroatoms. The van der Waals surface area contributed by atoms with Crippen molar-refractivity contribution in [2.75, 3.05) is 0 Å². The number of unbranched alkanes of at least 4 members (excludes halogenated alkanes) is 25. The summed E-state index contributed by atoms with van der Waals surface area (Å²) >= 11 is 0. The van der Waals surface area contributed by atoms with Crippen LogP contribution >= 0.6 is 0 Å². The van der Waals surface area contributed by atoms with E-state index >= 15 is 0 Å². The van der Waals surface area contributed by atoms with Gasteiger partial charge in [0.25, 0.3) is 0 Å². The van der Waals surface area contributed by atoms with Crippen molar-refractivity contribution >= 4 is 11.9 Å². The SMILES string of the molecule is CCCCC/C=C\C/C=C\CCCCCCCC(=O)O.CCCCCCCC/C=C\CCCCCCCCCCCCCC(=O)O. The van der Waals surface area contributed by atoms with Crippen LogP contribution in [0.2, 0.25) is 0 Å². The zero-order chi connectivity index (χ0) is 34.0. The molecule has 0 aromatic rings. The first-order valence-corrected chi connectivity index (χ1v) is 19.9. The molecule has 0 saturated heterocycles. The average molecular weight is 647 g/mol. The molecule has 0 amide bonds. The van der Waals surface area contributed by atoms with E-state index in [9.17, 15) is 9.59 Å². The van der Waals surface area contributed by atoms with Gasteiger partial charge in [-0.2, -0.15) is 0 Å². The molecule has 0 aliphatic rings. The minimum absolute atomic E-state index is 0.324. The molecule has 0 bridgehead atoms. The second kappa shape index (κ2) is 43.2. The maximum atomic E-state index is 10.4. The van der Waals surface area contributed by atoms with Crippen LogP contribution in [0.15, 0.2) is 36.5 Å². The fraction of sp³-hybridized carbons (Fsp3) is 0.810. The van der Waals surface area contributed by atoms with Gasteiger partial charge in [0.2, 0.25) is 0 Å². The lowest BCUT2D eigenvalue weighted by molar-refractivity contribution is -0.138. The molecular weight excluding hydrogens is 568 g/mol. The van der Waals surface area contributed by atoms with Crippen molar-refractivity contribution in [1.82, 2.24) is 0 Å². The molecule has 0 fully saturated rings. The van der Waals surface area contributed by atoms with Crippen molar-refractivity contribution in [3.05, 3.63) is 36.5 Å². The van der Waals surface area contributed by atoms with Gasteiger partial charge in [-0.05, 0) is 70.6 Å². The zero-order valence-electron chi connectivity index (χ0n) is 30.8. The third-order valence-corrected chi connectivity index (χ3v) is 8.49. The van der Waals surface area contributed by atoms with Gasteiger partial charge >= 0.3 is 11.9 Å². The normalized spacial score (nSPS) is 11.5. The Hall–Kier alpha value is -1.84. The van der Waals surface area contributed by atoms with E-state index < -0.39 is 11.9 Å². The summed E-state index contributed by atoms with van der Waals surface area (Å²) in [7, 11) is 0. The van der Waals surface area contributed by atoms with Gasteiger partial charge in [0, 0.05) is 12.8 Å². The Morgan fingerprint density at radius 1 is 0.348 bits per heavy atom. The summed E-state index contributed by atoms with van der Waals surface area (Å²) in [6, 6.07) is 0. The molecule has 0 aliphatic heterocycles. The largest absolute Gasteiger partial charge is 0.481 e. The van der Waals surface area contributed by atoms with Gasteiger partial charge in [-0.25, -0.2) is 0 Å². The van der Waals surface area contributed by atoms with Crippen LogP contribution in [0.5, 0.6) is 0 Å². The molecule has 0 heterocycles. The van der Waals surface area contributed by atoms with E-state index in [0.29, 0.717) is 12.8 Å². The van der Waals surface area contributed by atoms with Gasteiger partial charge in [0.05, 0.1) is 0 Å². The molecular formula is C42H78O4. The van der Waals surface area contributed by atoms with E-state index in [4.69, 9.17) is 10.2 Å². The molecule has 270 valence electrons. The highest BCUT2D eigenvalue weighted by Crippen LogP contribution is 2.13. The van der Waals surface area contributed by atoms with Crippen molar-refractivity contribution in [3.8, 4) is 0 Å². The molecule has 0 radical (unpaired) electrons. The van der Waals surface area contributed by atoms with Crippen molar-refractivity contribution in [2.45, 2.75) is 219 Å². The van der Waals surface area contributed by atoms with Crippen molar-refractivity contribution in [1.29, 1.82) is 0 Å². The fourth-order valence-electron chi connectivity index (χ4n) is 5.50. The Labute approximate surface area is 287 Å². The zero-order valence-corrected chi connectivity index (χ0v) is 30.8. The van der Waals surface area contributed by atoms with Crippen LogP contribution in [0.3, 0.4) is 0 Å². The van der Waals surface area contributed by atoms with E-state index in [1.807, 2.05) is 0 Å². The van der Waals surface area contributed by atoms with Crippen molar-refractivity contribution in [3.63, 3.8) is 0 Å². The summed E-state index contributed by atoms with van der Waals surface area (Å²) in [6.07, 6.45) is 52.4. The molecule has 0 aromatic heterocycles. The second-order valence-electron chi connectivity index (χ2n) is 13.2. The molecule has 4 nitrogen and oxygen atoms in total. The molecule has 0 rings (SSSR count). The van der Waals surface area contributed by atoms with Crippen LogP contribution in [0.4, 0.5) is 0 Å². The maximum absolute atomic E-state index is 10.4. The highest BCUT2D eigenvalue weighted by atomic mass is 16.4. The van der Waals surface area contributed by atoms with E-state index in [0.717, 1.165) is 38.5 Å². The van der Waals surface area contributed by atoms with E-state index in [1.54, 1.807) is 0 Å². The summed E-state index contributed by atoms with van der Waals surface area (Å²) in [6.45, 7) is 4.51. The summed E-state index contributed by atoms with van der Waals surface area (Å²) in [4.78, 5) is 20.7. The van der Waals surface area contributed by atoms with Gasteiger partial charge in [-0.1, -0.05) is 172 Å². The molecule has 0 aliphatic carbocycles. The fourth-order valence-corrected chi connectivity index (χ4v) is 5.50. The number of hydrogen-bond donors (Lipinski definition) is 2. The number of hydrogen-bond acceptors (Lipinski definition) is 2. The van der Waals surface area contributed by atoms with Crippen molar-refractivity contribution in [2.24, 2.45) is 0 Å². The van der Waals surface area contributed by atoms with Crippen LogP contribution in [0, 0.1) is 0 Å². The highest BCUT2D eigenvalue weighted by molar-refractivity contribution is 5.66. The number of carboxylic acids is 2. The first kappa shape index (κ1) is 46.3. The van der Waals surface area contributed by atoms with Crippen LogP contribution in [-0.4, -0.2) is 22.2 Å². The van der Waals surface area contributed by atoms with Gasteiger partial charge in [-0.15, -0.1) is 0 Å². The van der Waals surface area contributed by atoms with Gasteiger partial charge in [-0.3, -0.25) is 9.59 Å². The predicted octanol–water partition coefficient (Wildman–Crippen LogP) is 14.3. The Balaban J connectivity index is 0. The first-order valence-electron chi connectivity index (χ1n) is 19.9. The maximum Gasteiger partial charge on any atom is 0.303 e. The summed E-state index contributed by atoms with van der Waals surface area (Å²) in [5.41, 5.74) is 0. The van der Waals surface area contributed by atoms with Gasteiger partial charge in [0.15, 0.2) is 0 Å². The van der Waals surface area contributed by atoms with E-state index in [2.05, 4.69) is 50.3 Å². The van der Waals surface area contributed by atoms with E-state index in [1.165, 1.54) is 154 Å². The number of carbonyl (C=O) groups is 2. The number of aliphatic carboxylic acids is 2. The second-order valence-corrected chi connectivity index (χ2v) is 13.2. The topological polar surface area (TPSA) is 74.6 Å². The third kappa shape index (κ3) is 49.0. The van der Waals surface area contributed by atoms with Crippen LogP contribution in [0.25, 0.3) is 0 Å². The summed E-state index contributed by atoms with van der Waals surface area (Å²) in [5, 5.41) is 17.1. The molecule has 46 heavy (non-hydrogen) atoms. The molecule has 0 saturated carbocycles. The predicted molar refractivity (Wildman–Crippen MR) is 202 cm³/mol. The quantitative estimate of drug-likeness (QED) is 0.0531. The number of allylic oxidation sites excluding steroid dienone is 6. The lowest BCUT2D eigenvalue weighted by Crippen LogP contribution is -1.93. The Morgan fingerprint density at radius 2 is 0.587 bits per heavy atom. The lowest BCUT2D eigenvalue weighted by Gasteiger charge is -2.02. The number of carboxylic acid groups (broad SMARTS) is 2. The Morgan fingerprint density at radius 3 is 0.913 bits per heavy atom. The van der Waals surface area contributed by atoms with E-state index in [-0.39, 0.29) is 0 Å². The van der Waals surface area contributed by atoms with Crippen LogP contribution < -0.4 is 0 Å². The van der Waals surface area contributed by atoms with Crippen LogP contribution in [0.1, 0.15) is 219 Å². The number of rotatable bonds is 35. The monoisotopic (exact) mass is 647 g/mol. The highest BCUT2D eigenvalue weighted by Gasteiger charge is 1.97. The lowest BCUT2D eigenvalue weighted by atomic mass is 10.0. The molecule has 0 spiro atoms. The molecule has 0 aromatic carbocycles. The summed E-state index contributed by atoms with van der Waals surface area (Å²) in [5.74, 6) is -1.33. The van der Waals surface area contributed by atoms with Crippen LogP contribution in [-0.2, 0) is 9.59 Å². The van der Waals surface area contributed by atoms with Gasteiger partial charge < -0.3 is 10.2 Å². The minimum Gasteiger partial charge on any atom is -0.481 e.